The molecular formula is C26H27F10N3O8. The topological polar surface area (TPSA) is 159 Å². The second-order valence-corrected chi connectivity index (χ2v) is 9.69. The van der Waals surface area contributed by atoms with Gasteiger partial charge >= 0.3 is 36.4 Å². The fourth-order valence-corrected chi connectivity index (χ4v) is 4.00. The van der Waals surface area contributed by atoms with Gasteiger partial charge in [0.15, 0.2) is 5.82 Å². The summed E-state index contributed by atoms with van der Waals surface area (Å²) in [6, 6.07) is 8.96. The van der Waals surface area contributed by atoms with Crippen LogP contribution in [0.25, 0.3) is 0 Å². The van der Waals surface area contributed by atoms with Crippen molar-refractivity contribution in [2.75, 3.05) is 26.3 Å². The molecule has 47 heavy (non-hydrogen) atoms. The number of likely N-dealkylation sites (tertiary alicyclic amines) is 1. The van der Waals surface area contributed by atoms with E-state index < -0.39 is 42.3 Å². The molecule has 2 aliphatic rings. The number of pyridine rings is 2. The average molecular weight is 699 g/mol. The second kappa shape index (κ2) is 17.6. The third-order valence-electron chi connectivity index (χ3n) is 5.95. The van der Waals surface area contributed by atoms with Gasteiger partial charge in [0, 0.05) is 38.6 Å². The Morgan fingerprint density at radius 2 is 1.36 bits per heavy atom. The summed E-state index contributed by atoms with van der Waals surface area (Å²) >= 11 is 0. The molecule has 4 heterocycles. The first-order valence-corrected chi connectivity index (χ1v) is 13.0. The molecule has 2 aromatic rings. The monoisotopic (exact) mass is 699 g/mol. The largest absolute Gasteiger partial charge is 0.490 e. The number of rotatable bonds is 6. The molecule has 0 saturated carbocycles. The SMILES string of the molecule is Fc1cccnc1OCCC1CCOC2(C1)CN(Cc1ccccn1)C2.O=C(O)C(F)(F)F.O=C(O)C(F)(F)F.O=C(O)C(F)(F)F. The summed E-state index contributed by atoms with van der Waals surface area (Å²) in [5, 5.41) is 21.4. The molecule has 3 N–H and O–H groups in total. The van der Waals surface area contributed by atoms with Crippen molar-refractivity contribution < 1.29 is 83.1 Å². The highest BCUT2D eigenvalue weighted by Crippen LogP contribution is 2.38. The molecular weight excluding hydrogens is 672 g/mol. The molecule has 1 unspecified atom stereocenters. The Morgan fingerprint density at radius 1 is 0.851 bits per heavy atom. The summed E-state index contributed by atoms with van der Waals surface area (Å²) in [4.78, 5) is 37.4. The zero-order valence-electron chi connectivity index (χ0n) is 23.8. The molecule has 0 aliphatic carbocycles. The number of nitrogens with zero attached hydrogens (tertiary/aromatic N) is 3. The number of ether oxygens (including phenoxy) is 2. The van der Waals surface area contributed by atoms with Crippen LogP contribution in [0.1, 0.15) is 25.0 Å². The van der Waals surface area contributed by atoms with E-state index in [1.165, 1.54) is 6.07 Å². The Morgan fingerprint density at radius 3 is 1.81 bits per heavy atom. The standard InChI is InChI=1S/C20H24FN3O2.3C2HF3O2/c21-18-5-3-9-23-19(18)25-10-6-16-7-11-26-20(12-16)14-24(15-20)13-17-4-1-2-8-22-17;3*3-2(4,5)1(6)7/h1-5,8-9,16H,6-7,10-15H2;3*(H,6,7). The van der Waals surface area contributed by atoms with Gasteiger partial charge in [-0.2, -0.15) is 39.5 Å². The summed E-state index contributed by atoms with van der Waals surface area (Å²) in [6.07, 6.45) is -8.88. The molecule has 0 bridgehead atoms. The Labute approximate surface area is 258 Å². The number of aliphatic carboxylic acids is 3. The predicted molar refractivity (Wildman–Crippen MR) is 136 cm³/mol. The second-order valence-electron chi connectivity index (χ2n) is 9.69. The van der Waals surface area contributed by atoms with E-state index in [1.54, 1.807) is 12.3 Å². The average Bonchev–Trinajstić information content (AvgIpc) is 2.93. The Balaban J connectivity index is 0.000000430. The molecule has 2 aliphatic heterocycles. The summed E-state index contributed by atoms with van der Waals surface area (Å²) in [5.41, 5.74) is 1.08. The molecule has 1 atom stereocenters. The Hall–Kier alpha value is -4.27. The quantitative estimate of drug-likeness (QED) is 0.350. The number of carboxylic acid groups (broad SMARTS) is 3. The van der Waals surface area contributed by atoms with Crippen molar-refractivity contribution in [2.24, 2.45) is 5.92 Å². The van der Waals surface area contributed by atoms with Gasteiger partial charge in [0.05, 0.1) is 17.9 Å². The number of carboxylic acids is 3. The molecule has 2 aromatic heterocycles. The van der Waals surface area contributed by atoms with E-state index in [1.807, 2.05) is 18.3 Å². The lowest BCUT2D eigenvalue weighted by Gasteiger charge is -2.53. The summed E-state index contributed by atoms with van der Waals surface area (Å²) in [7, 11) is 0. The highest BCUT2D eigenvalue weighted by atomic mass is 19.4. The molecule has 1 spiro atoms. The lowest BCUT2D eigenvalue weighted by molar-refractivity contribution is -0.193. The van der Waals surface area contributed by atoms with E-state index in [9.17, 15) is 43.9 Å². The number of carbonyl (C=O) groups is 3. The van der Waals surface area contributed by atoms with Gasteiger partial charge in [0.25, 0.3) is 0 Å². The first-order chi connectivity index (χ1) is 21.6. The first kappa shape index (κ1) is 40.8. The van der Waals surface area contributed by atoms with Crippen LogP contribution in [0.15, 0.2) is 42.7 Å². The highest BCUT2D eigenvalue weighted by molar-refractivity contribution is 5.73. The van der Waals surface area contributed by atoms with E-state index >= 15 is 0 Å². The molecule has 11 nitrogen and oxygen atoms in total. The number of alkyl halides is 9. The first-order valence-electron chi connectivity index (χ1n) is 13.0. The minimum absolute atomic E-state index is 0.0199. The van der Waals surface area contributed by atoms with Gasteiger partial charge in [-0.3, -0.25) is 9.88 Å². The maximum Gasteiger partial charge on any atom is 0.490 e. The number of hydrogen-bond acceptors (Lipinski definition) is 8. The van der Waals surface area contributed by atoms with Crippen LogP contribution in [0, 0.1) is 11.7 Å². The summed E-state index contributed by atoms with van der Waals surface area (Å²) in [6.45, 7) is 4.07. The molecule has 21 heteroatoms. The van der Waals surface area contributed by atoms with E-state index in [-0.39, 0.29) is 11.5 Å². The van der Waals surface area contributed by atoms with Crippen molar-refractivity contribution >= 4 is 17.9 Å². The lowest BCUT2D eigenvalue weighted by atomic mass is 9.79. The summed E-state index contributed by atoms with van der Waals surface area (Å²) in [5.74, 6) is -8.03. The van der Waals surface area contributed by atoms with Crippen molar-refractivity contribution in [2.45, 2.75) is 49.9 Å². The fraction of sp³-hybridized carbons (Fsp3) is 0.500. The number of halogens is 10. The van der Waals surface area contributed by atoms with Crippen LogP contribution in [0.5, 0.6) is 5.88 Å². The van der Waals surface area contributed by atoms with Crippen LogP contribution in [-0.4, -0.2) is 98.5 Å². The zero-order chi connectivity index (χ0) is 36.1. The van der Waals surface area contributed by atoms with Crippen LogP contribution >= 0.6 is 0 Å². The maximum absolute atomic E-state index is 13.5. The van der Waals surface area contributed by atoms with E-state index in [0.717, 1.165) is 51.2 Å². The number of aromatic nitrogens is 2. The van der Waals surface area contributed by atoms with Gasteiger partial charge in [-0.25, -0.2) is 23.8 Å². The Bertz CT molecular complexity index is 1230. The van der Waals surface area contributed by atoms with Crippen molar-refractivity contribution in [3.05, 3.63) is 54.2 Å². The smallest absolute Gasteiger partial charge is 0.476 e. The zero-order valence-corrected chi connectivity index (χ0v) is 23.8. The normalized spacial score (nSPS) is 17.3. The van der Waals surface area contributed by atoms with Crippen molar-refractivity contribution in [3.8, 4) is 5.88 Å². The van der Waals surface area contributed by atoms with E-state index in [0.29, 0.717) is 12.5 Å². The third kappa shape index (κ3) is 15.7. The minimum Gasteiger partial charge on any atom is -0.476 e. The third-order valence-corrected chi connectivity index (χ3v) is 5.95. The molecule has 0 aromatic carbocycles. The molecule has 2 saturated heterocycles. The van der Waals surface area contributed by atoms with Gasteiger partial charge in [-0.15, -0.1) is 0 Å². The van der Waals surface area contributed by atoms with E-state index in [4.69, 9.17) is 39.2 Å². The molecule has 4 rings (SSSR count). The van der Waals surface area contributed by atoms with Crippen LogP contribution in [0.2, 0.25) is 0 Å². The van der Waals surface area contributed by atoms with Gasteiger partial charge in [-0.05, 0) is 49.4 Å². The van der Waals surface area contributed by atoms with Crippen LogP contribution in [0.3, 0.4) is 0 Å². The molecule has 2 fully saturated rings. The van der Waals surface area contributed by atoms with Gasteiger partial charge in [-0.1, -0.05) is 6.07 Å². The highest BCUT2D eigenvalue weighted by Gasteiger charge is 2.47. The Kier molecular flexibility index (Phi) is 15.3. The predicted octanol–water partition coefficient (Wildman–Crippen LogP) is 4.97. The fourth-order valence-electron chi connectivity index (χ4n) is 4.00. The van der Waals surface area contributed by atoms with Gasteiger partial charge in [0.1, 0.15) is 0 Å². The minimum atomic E-state index is -5.08. The van der Waals surface area contributed by atoms with Crippen molar-refractivity contribution in [3.63, 3.8) is 0 Å². The van der Waals surface area contributed by atoms with Crippen LogP contribution < -0.4 is 4.74 Å². The number of hydrogen-bond donors (Lipinski definition) is 3. The van der Waals surface area contributed by atoms with Gasteiger partial charge < -0.3 is 24.8 Å². The summed E-state index contributed by atoms with van der Waals surface area (Å²) < 4.78 is 120. The van der Waals surface area contributed by atoms with Gasteiger partial charge in [0.2, 0.25) is 5.88 Å². The molecule has 0 amide bonds. The maximum atomic E-state index is 13.5. The van der Waals surface area contributed by atoms with Crippen molar-refractivity contribution in [1.82, 2.24) is 14.9 Å². The van der Waals surface area contributed by atoms with Crippen LogP contribution in [-0.2, 0) is 25.7 Å². The lowest BCUT2D eigenvalue weighted by Crippen LogP contribution is -2.64. The van der Waals surface area contributed by atoms with Crippen LogP contribution in [0.4, 0.5) is 43.9 Å². The molecule has 0 radical (unpaired) electrons. The van der Waals surface area contributed by atoms with Crippen molar-refractivity contribution in [1.29, 1.82) is 0 Å². The molecule has 264 valence electrons. The van der Waals surface area contributed by atoms with E-state index in [2.05, 4.69) is 20.9 Å².